The molecule has 0 aromatic carbocycles. The first kappa shape index (κ1) is 82.4. The Morgan fingerprint density at radius 2 is 0.663 bits per heavy atom. The Morgan fingerprint density at radius 1 is 0.372 bits per heavy atom. The monoisotopic (exact) mass is 1220 g/mol. The average Bonchev–Trinajstić information content (AvgIpc) is 3.70. The normalized spacial score (nSPS) is 13.9. The molecule has 0 aliphatic carbocycles. The van der Waals surface area contributed by atoms with Gasteiger partial charge in [-0.05, 0) is 109 Å². The highest BCUT2D eigenvalue weighted by Gasteiger charge is 2.22. The summed E-state index contributed by atoms with van der Waals surface area (Å²) < 4.78 is 34.3. The maximum atomic E-state index is 12.9. The highest BCUT2D eigenvalue weighted by Crippen LogP contribution is 2.38. The fourth-order valence-corrected chi connectivity index (χ4v) is 10.3. The zero-order chi connectivity index (χ0) is 62.6. The number of rotatable bonds is 64. The van der Waals surface area contributed by atoms with Gasteiger partial charge in [0, 0.05) is 12.8 Å². The van der Waals surface area contributed by atoms with Crippen LogP contribution in [0, 0.1) is 0 Å². The lowest BCUT2D eigenvalue weighted by atomic mass is 10.0. The Labute approximate surface area is 530 Å². The van der Waals surface area contributed by atoms with Crippen LogP contribution in [0.4, 0.5) is 0 Å². The first-order valence-electron chi connectivity index (χ1n) is 35.2. The minimum atomic E-state index is -4.65. The molecular weight excluding hydrogens is 1090 g/mol. The second-order valence-electron chi connectivity index (χ2n) is 24.5. The van der Waals surface area contributed by atoms with Gasteiger partial charge in [-0.25, -0.2) is 0 Å². The molecule has 0 heterocycles. The molecule has 0 N–H and O–H groups in total. The zero-order valence-corrected chi connectivity index (χ0v) is 57.1. The summed E-state index contributed by atoms with van der Waals surface area (Å²) in [5, 5.41) is 0. The van der Waals surface area contributed by atoms with Crippen molar-refractivity contribution in [3.63, 3.8) is 0 Å². The minimum Gasteiger partial charge on any atom is -0.756 e. The van der Waals surface area contributed by atoms with Crippen molar-refractivity contribution in [3.8, 4) is 0 Å². The highest BCUT2D eigenvalue weighted by atomic mass is 31.2. The van der Waals surface area contributed by atoms with E-state index >= 15 is 0 Å². The van der Waals surface area contributed by atoms with Crippen LogP contribution in [0.15, 0.2) is 122 Å². The molecule has 0 rings (SSSR count). The van der Waals surface area contributed by atoms with Gasteiger partial charge in [-0.3, -0.25) is 14.2 Å². The number of carbonyl (C=O) groups is 2. The number of allylic oxidation sites excluding steroid dienone is 20. The van der Waals surface area contributed by atoms with E-state index < -0.39 is 26.5 Å². The van der Waals surface area contributed by atoms with E-state index in [0.717, 1.165) is 109 Å². The minimum absolute atomic E-state index is 0.0348. The van der Waals surface area contributed by atoms with E-state index in [1.807, 2.05) is 21.1 Å². The van der Waals surface area contributed by atoms with Gasteiger partial charge in [0.15, 0.2) is 6.10 Å². The number of phosphoric acid groups is 1. The summed E-state index contributed by atoms with van der Waals surface area (Å²) in [5.41, 5.74) is 0. The lowest BCUT2D eigenvalue weighted by Crippen LogP contribution is -2.37. The molecule has 0 aliphatic heterocycles. The van der Waals surface area contributed by atoms with Crippen LogP contribution in [-0.4, -0.2) is 70.0 Å². The van der Waals surface area contributed by atoms with Gasteiger partial charge in [0.1, 0.15) is 19.8 Å². The van der Waals surface area contributed by atoms with Gasteiger partial charge in [-0.15, -0.1) is 0 Å². The number of nitrogens with zero attached hydrogens (tertiary/aromatic N) is 1. The summed E-state index contributed by atoms with van der Waals surface area (Å²) >= 11 is 0. The molecule has 0 aliphatic rings. The molecule has 0 amide bonds. The largest absolute Gasteiger partial charge is 0.756 e. The summed E-state index contributed by atoms with van der Waals surface area (Å²) in [6.45, 7) is 4.13. The van der Waals surface area contributed by atoms with Crippen molar-refractivity contribution in [1.29, 1.82) is 0 Å². The molecule has 0 bridgehead atoms. The number of unbranched alkanes of at least 4 members (excludes halogenated alkanes) is 30. The molecule has 0 saturated heterocycles. The van der Waals surface area contributed by atoms with Crippen LogP contribution in [0.2, 0.25) is 0 Å². The predicted molar refractivity (Wildman–Crippen MR) is 369 cm³/mol. The number of carbonyl (C=O) groups excluding carboxylic acids is 2. The quantitative estimate of drug-likeness (QED) is 0.0195. The number of hydrogen-bond acceptors (Lipinski definition) is 8. The molecule has 10 heteroatoms. The van der Waals surface area contributed by atoms with Crippen molar-refractivity contribution in [1.82, 2.24) is 0 Å². The second kappa shape index (κ2) is 65.8. The van der Waals surface area contributed by atoms with Crippen LogP contribution in [0.1, 0.15) is 296 Å². The Bertz CT molecular complexity index is 1870. The van der Waals surface area contributed by atoms with Crippen molar-refractivity contribution in [2.45, 2.75) is 302 Å². The first-order chi connectivity index (χ1) is 42.0. The van der Waals surface area contributed by atoms with E-state index in [0.29, 0.717) is 17.4 Å². The molecule has 494 valence electrons. The molecule has 2 unspecified atom stereocenters. The Morgan fingerprint density at radius 3 is 0.988 bits per heavy atom. The Kier molecular flexibility index (Phi) is 63.1. The molecule has 9 nitrogen and oxygen atoms in total. The van der Waals surface area contributed by atoms with Crippen LogP contribution in [-0.2, 0) is 32.7 Å². The summed E-state index contributed by atoms with van der Waals surface area (Å²) in [5.74, 6) is -0.834. The van der Waals surface area contributed by atoms with Crippen LogP contribution in [0.5, 0.6) is 0 Å². The molecule has 0 aromatic heterocycles. The lowest BCUT2D eigenvalue weighted by molar-refractivity contribution is -0.870. The molecule has 0 fully saturated rings. The average molecular weight is 1220 g/mol. The van der Waals surface area contributed by atoms with Gasteiger partial charge in [0.05, 0.1) is 27.7 Å². The number of quaternary nitrogens is 1. The van der Waals surface area contributed by atoms with Crippen molar-refractivity contribution < 1.29 is 42.1 Å². The van der Waals surface area contributed by atoms with Gasteiger partial charge in [0.2, 0.25) is 0 Å². The van der Waals surface area contributed by atoms with E-state index in [4.69, 9.17) is 18.5 Å². The standard InChI is InChI=1S/C76H132NO8P/c1-6-8-10-12-14-16-18-20-22-24-26-28-29-30-31-32-33-34-35-36-37-38-39-40-41-42-43-44-45-46-47-49-51-53-55-57-59-61-63-65-67-69-76(79)85-74(73-84-86(80,81)83-71-70-77(3,4)5)72-82-75(78)68-66-64-62-60-58-56-54-52-50-48-27-25-23-21-19-17-15-13-11-9-7-2/h8,10,14,16,19-22,25-28,30-31,33-34,36-37,39-40,74H,6-7,9,11-13,15,17-18,23-24,29,32,35,38,41-73H2,1-5H3/b10-8-,16-14-,21-19-,22-20-,27-25-,28-26-,31-30-,34-33-,37-36-,40-39-. The molecular formula is C76H132NO8P. The summed E-state index contributed by atoms with van der Waals surface area (Å²) in [6, 6.07) is 0. The molecule has 86 heavy (non-hydrogen) atoms. The lowest BCUT2D eigenvalue weighted by Gasteiger charge is -2.28. The zero-order valence-electron chi connectivity index (χ0n) is 56.2. The number of likely N-dealkylation sites (N-methyl/N-ethyl adjacent to an activating group) is 1. The van der Waals surface area contributed by atoms with Crippen LogP contribution >= 0.6 is 7.82 Å². The third-order valence-corrected chi connectivity index (χ3v) is 15.9. The van der Waals surface area contributed by atoms with E-state index in [2.05, 4.69) is 135 Å². The number of phosphoric ester groups is 1. The molecule has 0 spiro atoms. The fraction of sp³-hybridized carbons (Fsp3) is 0.711. The third-order valence-electron chi connectivity index (χ3n) is 15.0. The van der Waals surface area contributed by atoms with E-state index in [-0.39, 0.29) is 32.0 Å². The maximum absolute atomic E-state index is 12.9. The van der Waals surface area contributed by atoms with Crippen molar-refractivity contribution >= 4 is 19.8 Å². The SMILES string of the molecule is CC/C=C\C/C=C\C/C=C\C/C=C\C/C=C\C/C=C\C/C=C\C/C=C\CCCCCCCCCCCCCCCCCCC(=O)OC(COC(=O)CCCCCCCCCCC/C=C\C/C=C\CCCCCCC)COP(=O)([O-])OCC[N+](C)(C)C. The van der Waals surface area contributed by atoms with E-state index in [1.165, 1.54) is 154 Å². The number of hydrogen-bond donors (Lipinski definition) is 0. The summed E-state index contributed by atoms with van der Waals surface area (Å²) in [6.07, 6.45) is 94.2. The second-order valence-corrected chi connectivity index (χ2v) is 25.9. The molecule has 0 aromatic rings. The van der Waals surface area contributed by atoms with Gasteiger partial charge in [-0.2, -0.15) is 0 Å². The predicted octanol–water partition coefficient (Wildman–Crippen LogP) is 22.4. The summed E-state index contributed by atoms with van der Waals surface area (Å²) in [7, 11) is 1.16. The van der Waals surface area contributed by atoms with Gasteiger partial charge < -0.3 is 27.9 Å². The molecule has 2 atom stereocenters. The van der Waals surface area contributed by atoms with Gasteiger partial charge >= 0.3 is 11.9 Å². The fourth-order valence-electron chi connectivity index (χ4n) is 9.59. The Hall–Kier alpha value is -3.59. The van der Waals surface area contributed by atoms with Crippen molar-refractivity contribution in [3.05, 3.63) is 122 Å². The highest BCUT2D eigenvalue weighted by molar-refractivity contribution is 7.45. The van der Waals surface area contributed by atoms with Crippen LogP contribution in [0.25, 0.3) is 0 Å². The van der Waals surface area contributed by atoms with E-state index in [1.54, 1.807) is 0 Å². The molecule has 0 radical (unpaired) electrons. The maximum Gasteiger partial charge on any atom is 0.306 e. The number of ether oxygens (including phenoxy) is 2. The van der Waals surface area contributed by atoms with Crippen molar-refractivity contribution in [2.24, 2.45) is 0 Å². The van der Waals surface area contributed by atoms with Gasteiger partial charge in [-0.1, -0.05) is 296 Å². The van der Waals surface area contributed by atoms with E-state index in [9.17, 15) is 19.0 Å². The third kappa shape index (κ3) is 69.5. The topological polar surface area (TPSA) is 111 Å². The first-order valence-corrected chi connectivity index (χ1v) is 36.7. The summed E-state index contributed by atoms with van der Waals surface area (Å²) in [4.78, 5) is 38.0. The smallest absolute Gasteiger partial charge is 0.306 e. The Balaban J connectivity index is 4.02. The molecule has 0 saturated carbocycles. The number of esters is 2. The van der Waals surface area contributed by atoms with Crippen LogP contribution < -0.4 is 4.89 Å². The van der Waals surface area contributed by atoms with Gasteiger partial charge in [0.25, 0.3) is 7.82 Å². The van der Waals surface area contributed by atoms with Crippen molar-refractivity contribution in [2.75, 3.05) is 47.5 Å². The van der Waals surface area contributed by atoms with Crippen LogP contribution in [0.3, 0.4) is 0 Å².